The van der Waals surface area contributed by atoms with Crippen LogP contribution < -0.4 is 9.47 Å². The standard InChI is InChI=1S/C15H18ClNO4/c1-20-12-6-10-8-14(18)17(5-3-4-16)15(19)9-11(10)7-13(12)21-2/h6-7H,3-5,8-9H2,1-2H3. The van der Waals surface area contributed by atoms with Gasteiger partial charge in [0.05, 0.1) is 27.1 Å². The zero-order valence-electron chi connectivity index (χ0n) is 12.1. The molecule has 0 aliphatic carbocycles. The van der Waals surface area contributed by atoms with Crippen molar-refractivity contribution in [1.29, 1.82) is 0 Å². The van der Waals surface area contributed by atoms with E-state index in [2.05, 4.69) is 0 Å². The Morgan fingerprint density at radius 3 is 1.90 bits per heavy atom. The maximum atomic E-state index is 12.2. The number of alkyl halides is 1. The molecule has 0 fully saturated rings. The van der Waals surface area contributed by atoms with Crippen molar-refractivity contribution in [2.45, 2.75) is 19.3 Å². The number of halogens is 1. The van der Waals surface area contributed by atoms with Crippen molar-refractivity contribution in [3.63, 3.8) is 0 Å². The van der Waals surface area contributed by atoms with Gasteiger partial charge >= 0.3 is 0 Å². The monoisotopic (exact) mass is 311 g/mol. The van der Waals surface area contributed by atoms with E-state index in [-0.39, 0.29) is 24.7 Å². The van der Waals surface area contributed by atoms with Crippen LogP contribution in [-0.4, -0.2) is 43.4 Å². The molecule has 0 unspecified atom stereocenters. The number of carbonyl (C=O) groups excluding carboxylic acids is 2. The predicted molar refractivity (Wildman–Crippen MR) is 79.0 cm³/mol. The molecule has 114 valence electrons. The fourth-order valence-corrected chi connectivity index (χ4v) is 2.53. The number of hydrogen-bond acceptors (Lipinski definition) is 4. The number of fused-ring (bicyclic) bond motifs is 1. The quantitative estimate of drug-likeness (QED) is 0.614. The Bertz CT molecular complexity index is 514. The summed E-state index contributed by atoms with van der Waals surface area (Å²) < 4.78 is 10.5. The molecule has 0 N–H and O–H groups in total. The van der Waals surface area contributed by atoms with Crippen LogP contribution in [0.2, 0.25) is 0 Å². The molecular formula is C15H18ClNO4. The van der Waals surface area contributed by atoms with Crippen molar-refractivity contribution in [2.24, 2.45) is 0 Å². The molecule has 1 aromatic carbocycles. The minimum atomic E-state index is -0.198. The third kappa shape index (κ3) is 3.29. The number of rotatable bonds is 5. The fourth-order valence-electron chi connectivity index (χ4n) is 2.42. The van der Waals surface area contributed by atoms with E-state index in [1.54, 1.807) is 26.4 Å². The molecule has 1 heterocycles. The molecule has 0 aromatic heterocycles. The van der Waals surface area contributed by atoms with Crippen molar-refractivity contribution in [2.75, 3.05) is 26.6 Å². The first kappa shape index (κ1) is 15.6. The first-order valence-electron chi connectivity index (χ1n) is 6.73. The van der Waals surface area contributed by atoms with Crippen LogP contribution in [0, 0.1) is 0 Å². The highest BCUT2D eigenvalue weighted by atomic mass is 35.5. The normalized spacial score (nSPS) is 14.7. The van der Waals surface area contributed by atoms with Crippen LogP contribution in [0.15, 0.2) is 12.1 Å². The maximum Gasteiger partial charge on any atom is 0.233 e. The summed E-state index contributed by atoms with van der Waals surface area (Å²) in [6, 6.07) is 3.54. The minimum absolute atomic E-state index is 0.184. The molecule has 0 atom stereocenters. The van der Waals surface area contributed by atoms with Gasteiger partial charge in [-0.2, -0.15) is 0 Å². The summed E-state index contributed by atoms with van der Waals surface area (Å²) in [7, 11) is 3.08. The van der Waals surface area contributed by atoms with Crippen LogP contribution in [0.5, 0.6) is 11.5 Å². The molecule has 6 heteroatoms. The molecule has 0 saturated heterocycles. The number of ether oxygens (including phenoxy) is 2. The summed E-state index contributed by atoms with van der Waals surface area (Å²) in [5, 5.41) is 0. The Balaban J connectivity index is 2.34. The number of imide groups is 1. The van der Waals surface area contributed by atoms with Gasteiger partial charge in [-0.3, -0.25) is 14.5 Å². The molecule has 0 saturated carbocycles. The average Bonchev–Trinajstić information content (AvgIpc) is 2.59. The summed E-state index contributed by atoms with van der Waals surface area (Å²) in [4.78, 5) is 25.8. The highest BCUT2D eigenvalue weighted by Gasteiger charge is 2.28. The van der Waals surface area contributed by atoms with Crippen molar-refractivity contribution >= 4 is 23.4 Å². The molecule has 21 heavy (non-hydrogen) atoms. The van der Waals surface area contributed by atoms with E-state index >= 15 is 0 Å². The van der Waals surface area contributed by atoms with Crippen LogP contribution in [0.4, 0.5) is 0 Å². The second kappa shape index (κ2) is 6.80. The van der Waals surface area contributed by atoms with Crippen LogP contribution in [0.1, 0.15) is 17.5 Å². The lowest BCUT2D eigenvalue weighted by Crippen LogP contribution is -2.37. The molecular weight excluding hydrogens is 294 g/mol. The summed E-state index contributed by atoms with van der Waals surface area (Å²) in [6.07, 6.45) is 0.968. The van der Waals surface area contributed by atoms with Gasteiger partial charge in [0.15, 0.2) is 11.5 Å². The van der Waals surface area contributed by atoms with E-state index in [9.17, 15) is 9.59 Å². The topological polar surface area (TPSA) is 55.8 Å². The number of amides is 2. The Morgan fingerprint density at radius 1 is 1.05 bits per heavy atom. The summed E-state index contributed by atoms with van der Waals surface area (Å²) in [6.45, 7) is 0.365. The molecule has 0 spiro atoms. The lowest BCUT2D eigenvalue weighted by atomic mass is 10.0. The SMILES string of the molecule is COc1cc2c(cc1OC)CC(=O)N(CCCCl)C(=O)C2. The Labute approximate surface area is 128 Å². The number of carbonyl (C=O) groups is 2. The third-order valence-corrected chi connectivity index (χ3v) is 3.77. The predicted octanol–water partition coefficient (Wildman–Crippen LogP) is 1.79. The van der Waals surface area contributed by atoms with Gasteiger partial charge < -0.3 is 9.47 Å². The van der Waals surface area contributed by atoms with Gasteiger partial charge in [0, 0.05) is 12.4 Å². The highest BCUT2D eigenvalue weighted by molar-refractivity contribution is 6.17. The van der Waals surface area contributed by atoms with E-state index in [0.29, 0.717) is 30.3 Å². The number of hydrogen-bond donors (Lipinski definition) is 0. The van der Waals surface area contributed by atoms with Gasteiger partial charge in [0.1, 0.15) is 0 Å². The molecule has 2 amide bonds. The van der Waals surface area contributed by atoms with Crippen molar-refractivity contribution in [3.05, 3.63) is 23.3 Å². The molecule has 5 nitrogen and oxygen atoms in total. The lowest BCUT2D eigenvalue weighted by Gasteiger charge is -2.17. The molecule has 0 bridgehead atoms. The van der Waals surface area contributed by atoms with E-state index in [1.807, 2.05) is 0 Å². The average molecular weight is 312 g/mol. The fraction of sp³-hybridized carbons (Fsp3) is 0.467. The molecule has 1 aliphatic heterocycles. The van der Waals surface area contributed by atoms with Crippen molar-refractivity contribution < 1.29 is 19.1 Å². The first-order chi connectivity index (χ1) is 10.1. The van der Waals surface area contributed by atoms with Crippen LogP contribution in [-0.2, 0) is 22.4 Å². The molecule has 0 radical (unpaired) electrons. The van der Waals surface area contributed by atoms with Gasteiger partial charge in [-0.15, -0.1) is 11.6 Å². The second-order valence-electron chi connectivity index (χ2n) is 4.81. The summed E-state index contributed by atoms with van der Waals surface area (Å²) in [5.74, 6) is 1.15. The van der Waals surface area contributed by atoms with E-state index in [1.165, 1.54) is 4.90 Å². The Morgan fingerprint density at radius 2 is 1.52 bits per heavy atom. The molecule has 1 aliphatic rings. The van der Waals surface area contributed by atoms with E-state index in [0.717, 1.165) is 11.1 Å². The van der Waals surface area contributed by atoms with Crippen molar-refractivity contribution in [3.8, 4) is 11.5 Å². The molecule has 1 aromatic rings. The largest absolute Gasteiger partial charge is 0.493 e. The van der Waals surface area contributed by atoms with E-state index < -0.39 is 0 Å². The van der Waals surface area contributed by atoms with Crippen LogP contribution in [0.3, 0.4) is 0 Å². The van der Waals surface area contributed by atoms with Crippen LogP contribution in [0.25, 0.3) is 0 Å². The third-order valence-electron chi connectivity index (χ3n) is 3.51. The second-order valence-corrected chi connectivity index (χ2v) is 5.19. The first-order valence-corrected chi connectivity index (χ1v) is 7.27. The molecule has 2 rings (SSSR count). The van der Waals surface area contributed by atoms with E-state index in [4.69, 9.17) is 21.1 Å². The Kier molecular flexibility index (Phi) is 5.07. The minimum Gasteiger partial charge on any atom is -0.493 e. The summed E-state index contributed by atoms with van der Waals surface area (Å²) >= 11 is 5.64. The Hall–Kier alpha value is -1.75. The number of benzene rings is 1. The zero-order chi connectivity index (χ0) is 15.4. The van der Waals surface area contributed by atoms with Gasteiger partial charge in [-0.1, -0.05) is 0 Å². The number of nitrogens with zero attached hydrogens (tertiary/aromatic N) is 1. The van der Waals surface area contributed by atoms with Gasteiger partial charge in [0.25, 0.3) is 0 Å². The van der Waals surface area contributed by atoms with Crippen molar-refractivity contribution in [1.82, 2.24) is 4.90 Å². The van der Waals surface area contributed by atoms with Crippen LogP contribution >= 0.6 is 11.6 Å². The maximum absolute atomic E-state index is 12.2. The van der Waals surface area contributed by atoms with Gasteiger partial charge in [-0.05, 0) is 29.7 Å². The summed E-state index contributed by atoms with van der Waals surface area (Å²) in [5.41, 5.74) is 1.61. The smallest absolute Gasteiger partial charge is 0.233 e. The number of methoxy groups -OCH3 is 2. The highest BCUT2D eigenvalue weighted by Crippen LogP contribution is 2.32. The zero-order valence-corrected chi connectivity index (χ0v) is 12.9. The van der Waals surface area contributed by atoms with Gasteiger partial charge in [0.2, 0.25) is 11.8 Å². The van der Waals surface area contributed by atoms with Gasteiger partial charge in [-0.25, -0.2) is 0 Å². The lowest BCUT2D eigenvalue weighted by molar-refractivity contribution is -0.143.